The highest BCUT2D eigenvalue weighted by Crippen LogP contribution is 2.49. The van der Waals surface area contributed by atoms with Crippen LogP contribution >= 0.6 is 0 Å². The third kappa shape index (κ3) is 12.4. The molecule has 0 spiro atoms. The average Bonchev–Trinajstić information content (AvgIpc) is 3.54. The number of amides is 8. The van der Waals surface area contributed by atoms with Crippen LogP contribution in [0.3, 0.4) is 0 Å². The maximum absolute atomic E-state index is 15.6. The highest BCUT2D eigenvalue weighted by molar-refractivity contribution is 6.12. The van der Waals surface area contributed by atoms with Gasteiger partial charge in [-0.15, -0.1) is 0 Å². The zero-order valence-electron chi connectivity index (χ0n) is 43.9. The van der Waals surface area contributed by atoms with Gasteiger partial charge in [0.2, 0.25) is 35.4 Å². The van der Waals surface area contributed by atoms with E-state index >= 15 is 4.39 Å². The van der Waals surface area contributed by atoms with E-state index in [0.717, 1.165) is 23.3 Å². The normalized spacial score (nSPS) is 20.6. The number of halogens is 1. The molecule has 0 radical (unpaired) electrons. The fraction of sp³-hybridized carbons (Fsp3) is 0.464. The van der Waals surface area contributed by atoms with Crippen molar-refractivity contribution in [1.82, 2.24) is 46.7 Å². The molecule has 1 fully saturated rings. The van der Waals surface area contributed by atoms with Crippen molar-refractivity contribution < 1.29 is 67.2 Å². The number of imide groups is 1. The predicted molar refractivity (Wildman–Crippen MR) is 279 cm³/mol. The van der Waals surface area contributed by atoms with Crippen molar-refractivity contribution in [2.24, 2.45) is 5.92 Å². The molecule has 9 rings (SSSR count). The van der Waals surface area contributed by atoms with Gasteiger partial charge < -0.3 is 56.5 Å². The van der Waals surface area contributed by atoms with Gasteiger partial charge in [-0.25, -0.2) is 14.2 Å². The monoisotopic (exact) mass is 1090 g/mol. The summed E-state index contributed by atoms with van der Waals surface area (Å²) in [6.45, 7) is 1.71. The van der Waals surface area contributed by atoms with E-state index in [1.54, 1.807) is 55.2 Å². The molecule has 0 bridgehead atoms. The molecule has 0 saturated heterocycles. The molecule has 22 nitrogen and oxygen atoms in total. The molecule has 2 aromatic carbocycles. The van der Waals surface area contributed by atoms with Crippen LogP contribution in [0.25, 0.3) is 16.6 Å². The lowest BCUT2D eigenvalue weighted by molar-refractivity contribution is -0.164. The highest BCUT2D eigenvalue weighted by atomic mass is 19.1. The quantitative estimate of drug-likeness (QED) is 0.0270. The molecule has 5 heterocycles. The minimum absolute atomic E-state index is 0.00718. The summed E-state index contributed by atoms with van der Waals surface area (Å²) in [4.78, 5) is 123. The van der Waals surface area contributed by atoms with Crippen LogP contribution in [0, 0.1) is 18.7 Å². The Balaban J connectivity index is 0.780. The number of hydrogen-bond acceptors (Lipinski definition) is 15. The fourth-order valence-corrected chi connectivity index (χ4v) is 10.8. The van der Waals surface area contributed by atoms with E-state index in [9.17, 15) is 53.4 Å². The molecule has 418 valence electrons. The van der Waals surface area contributed by atoms with Crippen LogP contribution in [0.4, 0.5) is 4.39 Å². The summed E-state index contributed by atoms with van der Waals surface area (Å²) in [6, 6.07) is 8.41. The number of rotatable bonds is 24. The Morgan fingerprint density at radius 3 is 2.33 bits per heavy atom. The molecule has 79 heavy (non-hydrogen) atoms. The van der Waals surface area contributed by atoms with Gasteiger partial charge in [0, 0.05) is 66.2 Å². The Hall–Kier alpha value is -7.89. The number of benzene rings is 2. The first-order valence-electron chi connectivity index (χ1n) is 26.7. The number of esters is 1. The first-order valence-corrected chi connectivity index (χ1v) is 26.7. The van der Waals surface area contributed by atoms with Gasteiger partial charge in [-0.1, -0.05) is 56.5 Å². The number of pyridine rings is 1. The van der Waals surface area contributed by atoms with Gasteiger partial charge in [0.05, 0.1) is 42.6 Å². The smallest absolute Gasteiger partial charge is 0.343 e. The van der Waals surface area contributed by atoms with Crippen LogP contribution in [0.2, 0.25) is 0 Å². The molecule has 3 aromatic rings. The molecule has 8 amide bonds. The van der Waals surface area contributed by atoms with E-state index in [1.165, 1.54) is 18.2 Å². The lowest BCUT2D eigenvalue weighted by Crippen LogP contribution is -2.52. The second-order valence-electron chi connectivity index (χ2n) is 20.7. The number of aliphatic hydroxyl groups excluding tert-OH is 1. The van der Waals surface area contributed by atoms with Gasteiger partial charge in [0.25, 0.3) is 11.8 Å². The van der Waals surface area contributed by atoms with Crippen molar-refractivity contribution in [1.29, 1.82) is 0 Å². The maximum atomic E-state index is 15.6. The third-order valence-corrected chi connectivity index (χ3v) is 15.4. The zero-order chi connectivity index (χ0) is 56.1. The van der Waals surface area contributed by atoms with Gasteiger partial charge in [-0.2, -0.15) is 0 Å². The van der Waals surface area contributed by atoms with Crippen LogP contribution < -0.4 is 31.9 Å². The van der Waals surface area contributed by atoms with Crippen molar-refractivity contribution in [2.75, 3.05) is 39.5 Å². The van der Waals surface area contributed by atoms with Crippen molar-refractivity contribution >= 4 is 69.8 Å². The molecule has 8 N–H and O–H groups in total. The lowest BCUT2D eigenvalue weighted by Gasteiger charge is -2.40. The van der Waals surface area contributed by atoms with Gasteiger partial charge in [-0.05, 0) is 79.7 Å². The standard InChI is InChI=1S/C56H64FN9O13/c1-3-56(77)36-22-41-51-34(27-66(41)54(75)35(36)28-78-55(56)76)50-38(16-15-33-30(2)37(57)23-39(63-51)49(33)50)64-53(74)42(21-32-13-14-32)79-29-61-45(69)25-60-52(73)40(20-31-10-6-4-7-11-31)62-46(70)26-59-44(68)24-58-43(67)12-8-5-9-19-65-47(71)17-18-48(65)72/h4,6-7,10-11,17-18,22-23,32,38,40,42,54,75,77H,3,5,8-9,12-16,19-21,24-29H2,1-2H3,(H,58,67)(H,59,68)(H,60,73)(H,61,69)(H,62,70)(H,64,74)/t38-,40-,42-,54?,56-/m0/s1. The number of nitrogens with zero attached hydrogens (tertiary/aromatic N) is 3. The van der Waals surface area contributed by atoms with Gasteiger partial charge in [0.15, 0.2) is 11.8 Å². The fourth-order valence-electron chi connectivity index (χ4n) is 10.8. The van der Waals surface area contributed by atoms with Crippen molar-refractivity contribution in [3.8, 4) is 0 Å². The SMILES string of the molecule is CC[C@@]1(O)C(=O)OCC2=C1C=C1c3nc4cc(F)c(C)c5c4c(c3CN1C2O)[C@@H](NC(=O)[C@H](CC1CC1)OCNC(=O)CNC(=O)[C@H](Cc1ccccc1)NC(=O)CNC(=O)CNC(=O)CCCCCN1C(=O)C=CC1=O)CC5. The Labute approximate surface area is 454 Å². The van der Waals surface area contributed by atoms with E-state index in [4.69, 9.17) is 14.5 Å². The Bertz CT molecular complexity index is 3070. The summed E-state index contributed by atoms with van der Waals surface area (Å²) < 4.78 is 26.9. The molecular weight excluding hydrogens is 1030 g/mol. The number of hydrogen-bond donors (Lipinski definition) is 8. The summed E-state index contributed by atoms with van der Waals surface area (Å²) >= 11 is 0. The predicted octanol–water partition coefficient (Wildman–Crippen LogP) is 1.09. The average molecular weight is 1090 g/mol. The van der Waals surface area contributed by atoms with E-state index in [-0.39, 0.29) is 69.0 Å². The van der Waals surface area contributed by atoms with Crippen LogP contribution in [-0.4, -0.2) is 142 Å². The lowest BCUT2D eigenvalue weighted by atomic mass is 9.81. The molecule has 1 aromatic heterocycles. The number of nitrogens with one attached hydrogen (secondary N) is 6. The maximum Gasteiger partial charge on any atom is 0.343 e. The number of aliphatic hydroxyl groups is 2. The van der Waals surface area contributed by atoms with Crippen LogP contribution in [0.1, 0.15) is 104 Å². The first kappa shape index (κ1) is 55.9. The van der Waals surface area contributed by atoms with Crippen molar-refractivity contribution in [3.05, 3.63) is 105 Å². The Morgan fingerprint density at radius 1 is 0.886 bits per heavy atom. The van der Waals surface area contributed by atoms with Gasteiger partial charge >= 0.3 is 5.97 Å². The van der Waals surface area contributed by atoms with Crippen molar-refractivity contribution in [3.63, 3.8) is 0 Å². The molecule has 5 atom stereocenters. The number of carbonyl (C=O) groups is 9. The first-order chi connectivity index (χ1) is 37.9. The second-order valence-corrected chi connectivity index (χ2v) is 20.7. The zero-order valence-corrected chi connectivity index (χ0v) is 43.9. The topological polar surface area (TPSA) is 304 Å². The largest absolute Gasteiger partial charge is 0.459 e. The van der Waals surface area contributed by atoms with Gasteiger partial charge in [-0.3, -0.25) is 43.3 Å². The Morgan fingerprint density at radius 2 is 1.59 bits per heavy atom. The summed E-state index contributed by atoms with van der Waals surface area (Å²) in [5, 5.41) is 39.7. The molecule has 6 aliphatic rings. The van der Waals surface area contributed by atoms with Crippen molar-refractivity contribution in [2.45, 2.75) is 121 Å². The molecule has 2 aliphatic carbocycles. The summed E-state index contributed by atoms with van der Waals surface area (Å²) in [5.74, 6) is -5.32. The molecule has 1 saturated carbocycles. The van der Waals surface area contributed by atoms with Gasteiger partial charge in [0.1, 0.15) is 31.3 Å². The number of aryl methyl sites for hydroxylation is 1. The molecule has 23 heteroatoms. The second kappa shape index (κ2) is 24.0. The summed E-state index contributed by atoms with van der Waals surface area (Å²) in [7, 11) is 0. The highest BCUT2D eigenvalue weighted by Gasteiger charge is 2.50. The van der Waals surface area contributed by atoms with E-state index in [1.807, 2.05) is 0 Å². The number of cyclic esters (lactones) is 1. The number of aromatic nitrogens is 1. The summed E-state index contributed by atoms with van der Waals surface area (Å²) in [5.41, 5.74) is 3.12. The van der Waals surface area contributed by atoms with Crippen LogP contribution in [0.15, 0.2) is 65.8 Å². The van der Waals surface area contributed by atoms with E-state index < -0.39 is 96.9 Å². The molecular formula is C56H64FN9O13. The number of carbonyl (C=O) groups excluding carboxylic acids is 9. The Kier molecular flexibility index (Phi) is 17.0. The summed E-state index contributed by atoms with van der Waals surface area (Å²) in [6.07, 6.45) is 6.47. The van der Waals surface area contributed by atoms with Crippen LogP contribution in [0.5, 0.6) is 0 Å². The number of ether oxygens (including phenoxy) is 2. The van der Waals surface area contributed by atoms with E-state index in [0.29, 0.717) is 88.6 Å². The molecule has 1 unspecified atom stereocenters. The van der Waals surface area contributed by atoms with Crippen LogP contribution in [-0.2, 0) is 72.0 Å². The third-order valence-electron chi connectivity index (χ3n) is 15.4. The van der Waals surface area contributed by atoms with E-state index in [2.05, 4.69) is 31.9 Å². The number of fused-ring (bicyclic) bond motifs is 4. The minimum Gasteiger partial charge on any atom is -0.459 e. The minimum atomic E-state index is -2.00. The number of unbranched alkanes of at least 4 members (excludes halogenated alkanes) is 2. The molecule has 4 aliphatic heterocycles.